The monoisotopic (exact) mass is 245 g/mol. The van der Waals surface area contributed by atoms with Crippen LogP contribution >= 0.6 is 11.6 Å². The minimum absolute atomic E-state index is 0.430. The van der Waals surface area contributed by atoms with E-state index in [1.807, 2.05) is 0 Å². The van der Waals surface area contributed by atoms with Gasteiger partial charge in [-0.2, -0.15) is 0 Å². The van der Waals surface area contributed by atoms with E-state index in [1.165, 1.54) is 13.2 Å². The molecule has 0 aliphatic rings. The summed E-state index contributed by atoms with van der Waals surface area (Å²) in [7, 11) is 1.19. The summed E-state index contributed by atoms with van der Waals surface area (Å²) in [5.74, 6) is -3.05. The maximum Gasteiger partial charge on any atom is 0.281 e. The van der Waals surface area contributed by atoms with Gasteiger partial charge in [0.1, 0.15) is 6.10 Å². The van der Waals surface area contributed by atoms with E-state index < -0.39 is 18.4 Å². The van der Waals surface area contributed by atoms with E-state index >= 15 is 0 Å². The Morgan fingerprint density at radius 1 is 1.56 bits per heavy atom. The molecule has 1 nitrogen and oxygen atoms in total. The van der Waals surface area contributed by atoms with Crippen LogP contribution in [0, 0.1) is 6.58 Å². The van der Waals surface area contributed by atoms with Gasteiger partial charge in [-0.25, -0.2) is 8.78 Å². The lowest BCUT2D eigenvalue weighted by molar-refractivity contribution is -0.101. The van der Waals surface area contributed by atoms with Gasteiger partial charge in [-0.3, -0.25) is 0 Å². The van der Waals surface area contributed by atoms with Gasteiger partial charge < -0.3 is 4.74 Å². The molecule has 87 valence electrons. The summed E-state index contributed by atoms with van der Waals surface area (Å²) >= 11 is 5.71. The van der Waals surface area contributed by atoms with Crippen LogP contribution in [0.4, 0.5) is 8.78 Å². The molecule has 0 saturated heterocycles. The second-order valence-electron chi connectivity index (χ2n) is 3.42. The number of methoxy groups -OCH3 is 1. The van der Waals surface area contributed by atoms with Crippen LogP contribution in [-0.4, -0.2) is 19.1 Å². The topological polar surface area (TPSA) is 9.23 Å². The number of ether oxygens (including phenoxy) is 1. The SMILES string of the molecule is [CH]=CC(OC)C(F)(F)Cc1cccc(Cl)c1. The zero-order valence-electron chi connectivity index (χ0n) is 8.79. The molecular weight excluding hydrogens is 234 g/mol. The van der Waals surface area contributed by atoms with Gasteiger partial charge >= 0.3 is 0 Å². The standard InChI is InChI=1S/C12H12ClF2O/c1-3-11(16-2)12(14,15)8-9-5-4-6-10(13)7-9/h1,3-7,11H,8H2,2H3. The zero-order chi connectivity index (χ0) is 12.2. The van der Waals surface area contributed by atoms with Crippen LogP contribution in [0.2, 0.25) is 5.02 Å². The van der Waals surface area contributed by atoms with Crippen LogP contribution in [0.3, 0.4) is 0 Å². The highest BCUT2D eigenvalue weighted by Gasteiger charge is 2.38. The molecule has 1 atom stereocenters. The fraction of sp³-hybridized carbons (Fsp3) is 0.333. The second kappa shape index (κ2) is 5.41. The molecule has 0 aromatic heterocycles. The van der Waals surface area contributed by atoms with Crippen molar-refractivity contribution in [3.8, 4) is 0 Å². The van der Waals surface area contributed by atoms with Crippen LogP contribution in [0.1, 0.15) is 5.56 Å². The largest absolute Gasteiger partial charge is 0.371 e. The molecule has 4 heteroatoms. The molecule has 1 aromatic carbocycles. The normalized spacial score (nSPS) is 13.5. The Bertz CT molecular complexity index is 366. The number of alkyl halides is 2. The molecule has 0 amide bonds. The lowest BCUT2D eigenvalue weighted by Crippen LogP contribution is -2.35. The van der Waals surface area contributed by atoms with E-state index in [0.29, 0.717) is 10.6 Å². The van der Waals surface area contributed by atoms with Gasteiger partial charge in [0.2, 0.25) is 0 Å². The third-order valence-electron chi connectivity index (χ3n) is 2.17. The van der Waals surface area contributed by atoms with E-state index in [4.69, 9.17) is 18.2 Å². The minimum Gasteiger partial charge on any atom is -0.371 e. The van der Waals surface area contributed by atoms with E-state index in [-0.39, 0.29) is 0 Å². The lowest BCUT2D eigenvalue weighted by atomic mass is 10.0. The summed E-state index contributed by atoms with van der Waals surface area (Å²) in [6, 6.07) is 6.34. The van der Waals surface area contributed by atoms with Gasteiger partial charge in [-0.05, 0) is 23.8 Å². The summed E-state index contributed by atoms with van der Waals surface area (Å²) < 4.78 is 31.9. The average molecular weight is 246 g/mol. The quantitative estimate of drug-likeness (QED) is 0.771. The number of benzene rings is 1. The molecule has 0 N–H and O–H groups in total. The van der Waals surface area contributed by atoms with Crippen molar-refractivity contribution >= 4 is 11.6 Å². The summed E-state index contributed by atoms with van der Waals surface area (Å²) in [5.41, 5.74) is 0.446. The maximum atomic E-state index is 13.6. The molecule has 0 aliphatic heterocycles. The highest BCUT2D eigenvalue weighted by molar-refractivity contribution is 6.30. The van der Waals surface area contributed by atoms with Crippen molar-refractivity contribution in [2.45, 2.75) is 18.4 Å². The van der Waals surface area contributed by atoms with E-state index in [2.05, 4.69) is 4.74 Å². The van der Waals surface area contributed by atoms with Crippen LogP contribution in [0.15, 0.2) is 30.3 Å². The Hall–Kier alpha value is -0.930. The Labute approximate surface area is 98.7 Å². The van der Waals surface area contributed by atoms with E-state index in [0.717, 1.165) is 6.08 Å². The van der Waals surface area contributed by atoms with Crippen molar-refractivity contribution in [3.63, 3.8) is 0 Å². The third-order valence-corrected chi connectivity index (χ3v) is 2.41. The first-order chi connectivity index (χ1) is 7.49. The summed E-state index contributed by atoms with van der Waals surface area (Å²) in [4.78, 5) is 0. The first kappa shape index (κ1) is 13.1. The van der Waals surface area contributed by atoms with Gasteiger partial charge in [0.25, 0.3) is 5.92 Å². The molecule has 0 bridgehead atoms. The van der Waals surface area contributed by atoms with Gasteiger partial charge in [-0.1, -0.05) is 30.3 Å². The molecule has 1 unspecified atom stereocenters. The molecule has 1 aromatic rings. The average Bonchev–Trinajstić information content (AvgIpc) is 2.18. The van der Waals surface area contributed by atoms with Gasteiger partial charge in [0, 0.05) is 18.6 Å². The van der Waals surface area contributed by atoms with Crippen molar-refractivity contribution in [1.82, 2.24) is 0 Å². The van der Waals surface area contributed by atoms with Crippen molar-refractivity contribution in [2.75, 3.05) is 7.11 Å². The van der Waals surface area contributed by atoms with Crippen molar-refractivity contribution in [1.29, 1.82) is 0 Å². The molecule has 0 fully saturated rings. The Balaban J connectivity index is 2.83. The van der Waals surface area contributed by atoms with Gasteiger partial charge in [0.15, 0.2) is 0 Å². The van der Waals surface area contributed by atoms with E-state index in [9.17, 15) is 8.78 Å². The zero-order valence-corrected chi connectivity index (χ0v) is 9.55. The molecule has 0 spiro atoms. The van der Waals surface area contributed by atoms with Crippen LogP contribution in [0.25, 0.3) is 0 Å². The Kier molecular flexibility index (Phi) is 4.44. The van der Waals surface area contributed by atoms with Crippen LogP contribution in [0.5, 0.6) is 0 Å². The highest BCUT2D eigenvalue weighted by atomic mass is 35.5. The van der Waals surface area contributed by atoms with Crippen LogP contribution < -0.4 is 0 Å². The van der Waals surface area contributed by atoms with E-state index in [1.54, 1.807) is 18.2 Å². The van der Waals surface area contributed by atoms with Gasteiger partial charge in [0.05, 0.1) is 0 Å². The predicted octanol–water partition coefficient (Wildman–Crippen LogP) is 3.52. The highest BCUT2D eigenvalue weighted by Crippen LogP contribution is 2.27. The molecule has 0 aliphatic carbocycles. The first-order valence-corrected chi connectivity index (χ1v) is 5.07. The number of halogens is 3. The fourth-order valence-corrected chi connectivity index (χ4v) is 1.62. The maximum absolute atomic E-state index is 13.6. The molecule has 1 rings (SSSR count). The van der Waals surface area contributed by atoms with Crippen LogP contribution in [-0.2, 0) is 11.2 Å². The van der Waals surface area contributed by atoms with Crippen molar-refractivity contribution < 1.29 is 13.5 Å². The molecule has 1 radical (unpaired) electrons. The molecule has 0 saturated carbocycles. The first-order valence-electron chi connectivity index (χ1n) is 4.69. The Morgan fingerprint density at radius 2 is 2.25 bits per heavy atom. The van der Waals surface area contributed by atoms with Crippen molar-refractivity contribution in [3.05, 3.63) is 47.5 Å². The summed E-state index contributed by atoms with van der Waals surface area (Å²) in [6.07, 6.45) is -1.00. The number of hydrogen-bond donors (Lipinski definition) is 0. The summed E-state index contributed by atoms with van der Waals surface area (Å²) in [5, 5.41) is 0.430. The molecular formula is C12H12ClF2O. The smallest absolute Gasteiger partial charge is 0.281 e. The lowest BCUT2D eigenvalue weighted by Gasteiger charge is -2.23. The minimum atomic E-state index is -3.05. The summed E-state index contributed by atoms with van der Waals surface area (Å²) in [6.45, 7) is 5.10. The molecule has 0 heterocycles. The molecule has 16 heavy (non-hydrogen) atoms. The predicted molar refractivity (Wildman–Crippen MR) is 59.8 cm³/mol. The number of hydrogen-bond acceptors (Lipinski definition) is 1. The third kappa shape index (κ3) is 3.29. The van der Waals surface area contributed by atoms with Gasteiger partial charge in [-0.15, -0.1) is 0 Å². The number of rotatable bonds is 5. The fourth-order valence-electron chi connectivity index (χ4n) is 1.41. The Morgan fingerprint density at radius 3 is 2.75 bits per heavy atom. The van der Waals surface area contributed by atoms with Crippen molar-refractivity contribution in [2.24, 2.45) is 0 Å². The second-order valence-corrected chi connectivity index (χ2v) is 3.85.